The average molecular weight is 364 g/mol. The second-order valence-corrected chi connectivity index (χ2v) is 5.96. The van der Waals surface area contributed by atoms with E-state index in [1.165, 1.54) is 0 Å². The smallest absolute Gasteiger partial charge is 0.228 e. The zero-order valence-corrected chi connectivity index (χ0v) is 14.0. The molecule has 6 heteroatoms. The van der Waals surface area contributed by atoms with Gasteiger partial charge in [0.2, 0.25) is 6.36 Å². The summed E-state index contributed by atoms with van der Waals surface area (Å²) in [7, 11) is 0. The van der Waals surface area contributed by atoms with Gasteiger partial charge in [-0.15, -0.1) is 0 Å². The molecule has 1 fully saturated rings. The van der Waals surface area contributed by atoms with E-state index in [0.717, 1.165) is 0 Å². The van der Waals surface area contributed by atoms with Crippen molar-refractivity contribution in [1.82, 2.24) is 0 Å². The van der Waals surface area contributed by atoms with E-state index in [4.69, 9.17) is 17.0 Å². The van der Waals surface area contributed by atoms with E-state index in [0.29, 0.717) is 11.1 Å². The highest BCUT2D eigenvalue weighted by atomic mass is 19.1. The lowest BCUT2D eigenvalue weighted by molar-refractivity contribution is -0.286. The first-order valence-electron chi connectivity index (χ1n) is 9.50. The van der Waals surface area contributed by atoms with Crippen LogP contribution in [0.15, 0.2) is 60.7 Å². The van der Waals surface area contributed by atoms with E-state index in [1.807, 2.05) is 0 Å². The summed E-state index contributed by atoms with van der Waals surface area (Å²) in [6.45, 7) is -3.07. The molecule has 1 aliphatic heterocycles. The fraction of sp³-hybridized carbons (Fsp3) is 0.400. The van der Waals surface area contributed by atoms with Gasteiger partial charge in [-0.3, -0.25) is 0 Å². The topological polar surface area (TPSA) is 68.2 Å². The van der Waals surface area contributed by atoms with Gasteiger partial charge in [0.1, 0.15) is 24.4 Å². The summed E-state index contributed by atoms with van der Waals surface area (Å²) in [5.74, 6) is 0. The number of aliphatic hydroxyl groups is 2. The van der Waals surface area contributed by atoms with Crippen LogP contribution in [0.1, 0.15) is 13.9 Å². The maximum absolute atomic E-state index is 14.6. The number of benzene rings is 2. The number of ether oxygens (including phenoxy) is 3. The van der Waals surface area contributed by atoms with Crippen LogP contribution in [0, 0.1) is 0 Å². The molecule has 2 aromatic carbocycles. The summed E-state index contributed by atoms with van der Waals surface area (Å²) in [6.07, 6.45) is -7.44. The van der Waals surface area contributed by atoms with E-state index in [9.17, 15) is 14.6 Å². The molecule has 1 saturated heterocycles. The molecule has 0 radical (unpaired) electrons. The van der Waals surface area contributed by atoms with Gasteiger partial charge >= 0.3 is 0 Å². The Morgan fingerprint density at radius 3 is 1.92 bits per heavy atom. The van der Waals surface area contributed by atoms with Gasteiger partial charge in [0.05, 0.1) is 22.5 Å². The third-order valence-corrected chi connectivity index (χ3v) is 4.11. The highest BCUT2D eigenvalue weighted by Gasteiger charge is 2.47. The van der Waals surface area contributed by atoms with Crippen LogP contribution < -0.4 is 0 Å². The molecule has 0 spiro atoms. The van der Waals surface area contributed by atoms with Gasteiger partial charge in [-0.2, -0.15) is 0 Å². The van der Waals surface area contributed by atoms with Crippen LogP contribution >= 0.6 is 0 Å². The maximum atomic E-state index is 14.6. The van der Waals surface area contributed by atoms with E-state index in [1.54, 1.807) is 60.7 Å². The highest BCUT2D eigenvalue weighted by molar-refractivity contribution is 5.14. The van der Waals surface area contributed by atoms with Crippen LogP contribution in [-0.2, 0) is 27.4 Å². The summed E-state index contributed by atoms with van der Waals surface area (Å²) in [4.78, 5) is 0. The summed E-state index contributed by atoms with van der Waals surface area (Å²) in [6, 6.07) is 17.2. The Hall–Kier alpha value is -1.83. The molecule has 0 aliphatic carbocycles. The fourth-order valence-corrected chi connectivity index (χ4v) is 2.71. The van der Waals surface area contributed by atoms with E-state index in [-0.39, 0.29) is 0 Å². The molecule has 2 N–H and O–H groups in total. The van der Waals surface area contributed by atoms with Crippen molar-refractivity contribution in [1.29, 1.82) is 0 Å². The first kappa shape index (κ1) is 16.4. The lowest BCUT2D eigenvalue weighted by Gasteiger charge is -2.41. The van der Waals surface area contributed by atoms with Gasteiger partial charge in [-0.25, -0.2) is 4.39 Å². The van der Waals surface area contributed by atoms with Crippen molar-refractivity contribution in [2.24, 2.45) is 0 Å². The Morgan fingerprint density at radius 1 is 0.923 bits per heavy atom. The third-order valence-electron chi connectivity index (χ3n) is 4.11. The molecule has 0 aromatic heterocycles. The minimum Gasteiger partial charge on any atom is -0.394 e. The molecule has 0 amide bonds. The largest absolute Gasteiger partial charge is 0.394 e. The molecular formula is C20H23FO5. The Kier molecular flexibility index (Phi) is 5.79. The molecule has 1 aliphatic rings. The highest BCUT2D eigenvalue weighted by Crippen LogP contribution is 2.28. The second kappa shape index (κ2) is 9.21. The molecule has 7 atom stereocenters. The average Bonchev–Trinajstić information content (AvgIpc) is 2.73. The molecule has 3 rings (SSSR count). The number of rotatable bonds is 7. The van der Waals surface area contributed by atoms with Crippen molar-refractivity contribution >= 4 is 0 Å². The van der Waals surface area contributed by atoms with Gasteiger partial charge in [0, 0.05) is 0 Å². The van der Waals surface area contributed by atoms with Gasteiger partial charge in [-0.05, 0) is 11.1 Å². The Labute approximate surface area is 154 Å². The molecular weight excluding hydrogens is 339 g/mol. The minimum absolute atomic E-state index is 0.498. The molecule has 26 heavy (non-hydrogen) atoms. The lowest BCUT2D eigenvalue weighted by Crippen LogP contribution is -2.59. The number of alkyl halides is 1. The van der Waals surface area contributed by atoms with Crippen LogP contribution in [-0.4, -0.2) is 47.6 Å². The second-order valence-electron chi connectivity index (χ2n) is 5.96. The van der Waals surface area contributed by atoms with Crippen LogP contribution in [0.2, 0.25) is 0 Å². The lowest BCUT2D eigenvalue weighted by atomic mass is 9.99. The molecule has 5 nitrogen and oxygen atoms in total. The summed E-state index contributed by atoms with van der Waals surface area (Å²) in [5, 5.41) is 19.9. The molecule has 2 aromatic rings. The fourth-order valence-electron chi connectivity index (χ4n) is 2.71. The van der Waals surface area contributed by atoms with Gasteiger partial charge in [-0.1, -0.05) is 60.7 Å². The number of halogens is 1. The number of aliphatic hydroxyl groups excluding tert-OH is 2. The van der Waals surface area contributed by atoms with Gasteiger partial charge in [0.15, 0.2) is 0 Å². The van der Waals surface area contributed by atoms with E-state index < -0.39 is 50.5 Å². The quantitative estimate of drug-likeness (QED) is 0.788. The molecule has 0 bridgehead atoms. The minimum atomic E-state index is -2.04. The van der Waals surface area contributed by atoms with Crippen LogP contribution in [0.4, 0.5) is 4.39 Å². The maximum Gasteiger partial charge on any atom is 0.228 e. The zero-order chi connectivity index (χ0) is 20.1. The molecule has 3 unspecified atom stereocenters. The number of hydrogen-bond donors (Lipinski definition) is 2. The van der Waals surface area contributed by atoms with Crippen molar-refractivity contribution in [3.05, 3.63) is 71.8 Å². The third kappa shape index (κ3) is 4.66. The standard InChI is InChI=1S/C20H23FO5/c21-20-19(25-13-15-9-5-2-6-10-15)18(17(23)16(11-22)26-20)24-12-14-7-3-1-4-8-14/h1-10,16-20,22-23H,11-13H2/t16-,17-,18+,19+,20?/m1/s1/i12D,13D/t12?,13?,16-,17-,18+,19+,20?. The predicted molar refractivity (Wildman–Crippen MR) is 92.9 cm³/mol. The zero-order valence-electron chi connectivity index (χ0n) is 16.0. The van der Waals surface area contributed by atoms with Crippen molar-refractivity contribution in [3.63, 3.8) is 0 Å². The van der Waals surface area contributed by atoms with Crippen LogP contribution in [0.3, 0.4) is 0 Å². The molecule has 0 saturated carbocycles. The first-order valence-corrected chi connectivity index (χ1v) is 8.35. The van der Waals surface area contributed by atoms with Crippen LogP contribution in [0.5, 0.6) is 0 Å². The molecule has 1 heterocycles. The normalized spacial score (nSPS) is 32.3. The van der Waals surface area contributed by atoms with Crippen molar-refractivity contribution in [3.8, 4) is 0 Å². The van der Waals surface area contributed by atoms with Gasteiger partial charge in [0.25, 0.3) is 0 Å². The molecule has 140 valence electrons. The Morgan fingerprint density at radius 2 is 1.42 bits per heavy atom. The van der Waals surface area contributed by atoms with Crippen molar-refractivity contribution in [2.45, 2.75) is 43.9 Å². The summed E-state index contributed by atoms with van der Waals surface area (Å²) >= 11 is 0. The monoisotopic (exact) mass is 364 g/mol. The van der Waals surface area contributed by atoms with E-state index >= 15 is 0 Å². The van der Waals surface area contributed by atoms with Gasteiger partial charge < -0.3 is 24.4 Å². The predicted octanol–water partition coefficient (Wildman–Crippen LogP) is 2.20. The van der Waals surface area contributed by atoms with Crippen molar-refractivity contribution < 1.29 is 31.6 Å². The first-order chi connectivity index (χ1) is 13.5. The van der Waals surface area contributed by atoms with Crippen LogP contribution in [0.25, 0.3) is 0 Å². The summed E-state index contributed by atoms with van der Waals surface area (Å²) in [5.41, 5.74) is 1.01. The SMILES string of the molecule is [2H]C(O[C@H]1[C@H](O)[C@@H](CO)OC(F)[C@H]1OC([2H])c1ccccc1)c1ccccc1. The summed E-state index contributed by atoms with van der Waals surface area (Å²) < 4.78 is 47.1. The Bertz CT molecular complexity index is 723. The Balaban J connectivity index is 1.80. The van der Waals surface area contributed by atoms with Crippen molar-refractivity contribution in [2.75, 3.05) is 6.61 Å². The van der Waals surface area contributed by atoms with E-state index in [2.05, 4.69) is 0 Å². The number of hydrogen-bond acceptors (Lipinski definition) is 5.